The molecule has 0 N–H and O–H groups in total. The molecular formula is C20H18N4O. The predicted octanol–water partition coefficient (Wildman–Crippen LogP) is 3.19. The number of hydrogen-bond acceptors (Lipinski definition) is 3. The van der Waals surface area contributed by atoms with Crippen molar-refractivity contribution in [2.24, 2.45) is 0 Å². The number of anilines is 1. The zero-order chi connectivity index (χ0) is 17.4. The Balaban J connectivity index is 1.79. The molecule has 2 aliphatic heterocycles. The molecule has 2 aliphatic rings. The van der Waals surface area contributed by atoms with Crippen molar-refractivity contribution in [3.63, 3.8) is 0 Å². The number of rotatable bonds is 3. The van der Waals surface area contributed by atoms with Crippen LogP contribution >= 0.6 is 0 Å². The molecular weight excluding hydrogens is 312 g/mol. The van der Waals surface area contributed by atoms with Gasteiger partial charge in [0.15, 0.2) is 5.82 Å². The highest BCUT2D eigenvalue weighted by molar-refractivity contribution is 5.60. The molecule has 0 unspecified atom stereocenters. The minimum Gasteiger partial charge on any atom is -0.378 e. The summed E-state index contributed by atoms with van der Waals surface area (Å²) in [5, 5.41) is 0. The average Bonchev–Trinajstić information content (AvgIpc) is 2.99. The second-order valence-electron chi connectivity index (χ2n) is 6.11. The summed E-state index contributed by atoms with van der Waals surface area (Å²) < 4.78 is 3.54. The largest absolute Gasteiger partial charge is 0.378 e. The van der Waals surface area contributed by atoms with Crippen LogP contribution in [0.1, 0.15) is 0 Å². The molecule has 0 aromatic heterocycles. The summed E-state index contributed by atoms with van der Waals surface area (Å²) in [5.41, 5.74) is 3.36. The highest BCUT2D eigenvalue weighted by Gasteiger charge is 2.15. The molecule has 0 amide bonds. The maximum absolute atomic E-state index is 12.6. The van der Waals surface area contributed by atoms with E-state index in [2.05, 4.69) is 22.0 Å². The lowest BCUT2D eigenvalue weighted by Gasteiger charge is -2.14. The van der Waals surface area contributed by atoms with Gasteiger partial charge in [0.25, 0.3) is 5.56 Å². The number of nitrogens with zero attached hydrogens (tertiary/aromatic N) is 4. The zero-order valence-electron chi connectivity index (χ0n) is 14.1. The molecule has 2 aromatic rings. The van der Waals surface area contributed by atoms with Crippen LogP contribution in [-0.4, -0.2) is 28.2 Å². The van der Waals surface area contributed by atoms with Crippen molar-refractivity contribution in [2.75, 3.05) is 19.0 Å². The van der Waals surface area contributed by atoms with Gasteiger partial charge in [0.05, 0.1) is 6.20 Å². The summed E-state index contributed by atoms with van der Waals surface area (Å²) in [7, 11) is 4.03. The summed E-state index contributed by atoms with van der Waals surface area (Å²) in [5.74, 6) is 0.628. The van der Waals surface area contributed by atoms with Crippen LogP contribution in [0, 0.1) is 0 Å². The Morgan fingerprint density at radius 1 is 0.920 bits per heavy atom. The molecule has 0 fully saturated rings. The second-order valence-corrected chi connectivity index (χ2v) is 6.11. The monoisotopic (exact) mass is 330 g/mol. The molecule has 5 heteroatoms. The van der Waals surface area contributed by atoms with Gasteiger partial charge in [0.1, 0.15) is 5.69 Å². The Labute approximate surface area is 145 Å². The molecule has 0 radical (unpaired) electrons. The Morgan fingerprint density at radius 3 is 2.32 bits per heavy atom. The summed E-state index contributed by atoms with van der Waals surface area (Å²) in [6, 6.07) is 17.8. The summed E-state index contributed by atoms with van der Waals surface area (Å²) in [4.78, 5) is 19.2. The third-order valence-electron chi connectivity index (χ3n) is 4.24. The molecule has 0 saturated carbocycles. The van der Waals surface area contributed by atoms with Crippen molar-refractivity contribution in [3.8, 4) is 22.8 Å². The van der Waals surface area contributed by atoms with E-state index in [-0.39, 0.29) is 5.56 Å². The van der Waals surface area contributed by atoms with Gasteiger partial charge in [-0.1, -0.05) is 30.3 Å². The molecule has 124 valence electrons. The lowest BCUT2D eigenvalue weighted by molar-refractivity contribution is 0.909. The number of aromatic nitrogens is 3. The Kier molecular flexibility index (Phi) is 3.61. The van der Waals surface area contributed by atoms with E-state index in [0.717, 1.165) is 16.9 Å². The maximum Gasteiger partial charge on any atom is 0.282 e. The van der Waals surface area contributed by atoms with Crippen LogP contribution in [0.15, 0.2) is 78.0 Å². The number of benzene rings is 2. The SMILES string of the molecule is CN(C)c1ccc(-n2ccn3c(=O)c(-c4ccccc4)nc-3c2)cc1. The van der Waals surface area contributed by atoms with Gasteiger partial charge >= 0.3 is 0 Å². The fourth-order valence-electron chi connectivity index (χ4n) is 2.84. The van der Waals surface area contributed by atoms with Gasteiger partial charge in [0, 0.05) is 43.4 Å². The van der Waals surface area contributed by atoms with Crippen molar-refractivity contribution in [3.05, 3.63) is 83.5 Å². The smallest absolute Gasteiger partial charge is 0.282 e. The first-order valence-corrected chi connectivity index (χ1v) is 8.07. The van der Waals surface area contributed by atoms with Gasteiger partial charge in [0.2, 0.25) is 0 Å². The van der Waals surface area contributed by atoms with E-state index in [1.165, 1.54) is 0 Å². The first kappa shape index (κ1) is 15.2. The number of hydrogen-bond donors (Lipinski definition) is 0. The standard InChI is InChI=1S/C20H18N4O/c1-22(2)16-8-10-17(11-9-16)23-12-13-24-18(14-23)21-19(20(24)25)15-6-4-3-5-7-15/h3-14H,1-2H3. The van der Waals surface area contributed by atoms with Crippen molar-refractivity contribution >= 4 is 5.69 Å². The maximum atomic E-state index is 12.6. The molecule has 5 nitrogen and oxygen atoms in total. The quantitative estimate of drug-likeness (QED) is 0.579. The molecule has 4 rings (SSSR count). The molecule has 0 bridgehead atoms. The fraction of sp³-hybridized carbons (Fsp3) is 0.100. The third-order valence-corrected chi connectivity index (χ3v) is 4.24. The van der Waals surface area contributed by atoms with Gasteiger partial charge < -0.3 is 9.47 Å². The minimum absolute atomic E-state index is 0.101. The first-order chi connectivity index (χ1) is 12.1. The van der Waals surface area contributed by atoms with Gasteiger partial charge in [-0.3, -0.25) is 9.36 Å². The van der Waals surface area contributed by atoms with Crippen LogP contribution in [0.5, 0.6) is 0 Å². The highest BCUT2D eigenvalue weighted by atomic mass is 16.1. The topological polar surface area (TPSA) is 43.1 Å². The van der Waals surface area contributed by atoms with Gasteiger partial charge in [-0.05, 0) is 24.3 Å². The zero-order valence-corrected chi connectivity index (χ0v) is 14.1. The lowest BCUT2D eigenvalue weighted by Crippen LogP contribution is -2.14. The predicted molar refractivity (Wildman–Crippen MR) is 100 cm³/mol. The van der Waals surface area contributed by atoms with Crippen LogP contribution in [-0.2, 0) is 0 Å². The van der Waals surface area contributed by atoms with Crippen LogP contribution in [0.4, 0.5) is 5.69 Å². The van der Waals surface area contributed by atoms with Crippen LogP contribution in [0.3, 0.4) is 0 Å². The van der Waals surface area contributed by atoms with E-state index in [4.69, 9.17) is 0 Å². The van der Waals surface area contributed by atoms with Gasteiger partial charge in [-0.15, -0.1) is 0 Å². The molecule has 0 saturated heterocycles. The normalized spacial score (nSPS) is 11.0. The molecule has 0 spiro atoms. The van der Waals surface area contributed by atoms with Gasteiger partial charge in [-0.25, -0.2) is 4.98 Å². The molecule has 2 aromatic carbocycles. The summed E-state index contributed by atoms with van der Waals surface area (Å²) >= 11 is 0. The number of imidazole rings is 1. The Hall–Kier alpha value is -3.34. The lowest BCUT2D eigenvalue weighted by atomic mass is 10.2. The highest BCUT2D eigenvalue weighted by Crippen LogP contribution is 2.19. The van der Waals surface area contributed by atoms with E-state index < -0.39 is 0 Å². The third kappa shape index (κ3) is 2.70. The van der Waals surface area contributed by atoms with Crippen molar-refractivity contribution in [1.29, 1.82) is 0 Å². The average molecular weight is 330 g/mol. The van der Waals surface area contributed by atoms with Crippen molar-refractivity contribution in [1.82, 2.24) is 14.1 Å². The Morgan fingerprint density at radius 2 is 1.64 bits per heavy atom. The van der Waals surface area contributed by atoms with E-state index in [0.29, 0.717) is 11.5 Å². The number of fused-ring (bicyclic) bond motifs is 1. The van der Waals surface area contributed by atoms with Crippen LogP contribution in [0.2, 0.25) is 0 Å². The van der Waals surface area contributed by atoms with Crippen LogP contribution in [0.25, 0.3) is 22.8 Å². The van der Waals surface area contributed by atoms with Gasteiger partial charge in [-0.2, -0.15) is 0 Å². The molecule has 2 heterocycles. The summed E-state index contributed by atoms with van der Waals surface area (Å²) in [6.45, 7) is 0. The fourth-order valence-corrected chi connectivity index (χ4v) is 2.84. The second kappa shape index (κ2) is 5.94. The van der Waals surface area contributed by atoms with Crippen molar-refractivity contribution in [2.45, 2.75) is 0 Å². The van der Waals surface area contributed by atoms with E-state index >= 15 is 0 Å². The Bertz CT molecular complexity index is 1030. The van der Waals surface area contributed by atoms with E-state index in [9.17, 15) is 4.79 Å². The molecule has 25 heavy (non-hydrogen) atoms. The summed E-state index contributed by atoms with van der Waals surface area (Å²) in [6.07, 6.45) is 5.50. The molecule has 0 aliphatic carbocycles. The van der Waals surface area contributed by atoms with Crippen LogP contribution < -0.4 is 10.5 Å². The minimum atomic E-state index is -0.101. The van der Waals surface area contributed by atoms with Crippen molar-refractivity contribution < 1.29 is 0 Å². The van der Waals surface area contributed by atoms with E-state index in [1.54, 1.807) is 10.8 Å². The van der Waals surface area contributed by atoms with E-state index in [1.807, 2.05) is 73.5 Å². The first-order valence-electron chi connectivity index (χ1n) is 8.07. The molecule has 0 atom stereocenters.